The minimum atomic E-state index is -4.78. The van der Waals surface area contributed by atoms with E-state index in [9.17, 15) is 22.8 Å². The summed E-state index contributed by atoms with van der Waals surface area (Å²) < 4.78 is 53.6. The molecular formula is C31H29F3N6O5S. The standard InChI is InChI=1S/C31H29F3N6O5S/c1-4-5-20-7-6-19(2)14-25(20)40-27(41)17-46-30(40)37-28(42)36-22-9-8-21(26(15-22)43-3)16-44-29-35-18-39(38-29)23-10-12-24(13-11-23)45-31(32,33)34/h6-15,18H,4-5,16-17H2,1-3H3,(H,36,42). The van der Waals surface area contributed by atoms with Gasteiger partial charge in [-0.25, -0.2) is 9.48 Å². The van der Waals surface area contributed by atoms with Gasteiger partial charge >= 0.3 is 18.4 Å². The first kappa shape index (κ1) is 32.3. The Morgan fingerprint density at radius 2 is 1.85 bits per heavy atom. The van der Waals surface area contributed by atoms with Crippen molar-refractivity contribution in [1.29, 1.82) is 0 Å². The number of benzene rings is 3. The van der Waals surface area contributed by atoms with Gasteiger partial charge in [-0.05, 0) is 66.9 Å². The second-order valence-corrected chi connectivity index (χ2v) is 11.0. The van der Waals surface area contributed by atoms with Crippen LogP contribution in [0, 0.1) is 6.92 Å². The fourth-order valence-corrected chi connectivity index (χ4v) is 5.46. The Balaban J connectivity index is 1.23. The number of urea groups is 1. The number of aryl methyl sites for hydroxylation is 2. The summed E-state index contributed by atoms with van der Waals surface area (Å²) >= 11 is 1.21. The highest BCUT2D eigenvalue weighted by atomic mass is 32.2. The molecule has 0 atom stereocenters. The lowest BCUT2D eigenvalue weighted by Crippen LogP contribution is -2.31. The number of aromatic nitrogens is 3. The van der Waals surface area contributed by atoms with Crippen LogP contribution in [0.3, 0.4) is 0 Å². The molecule has 0 unspecified atom stereocenters. The van der Waals surface area contributed by atoms with Crippen molar-refractivity contribution in [3.63, 3.8) is 0 Å². The lowest BCUT2D eigenvalue weighted by Gasteiger charge is -2.20. The lowest BCUT2D eigenvalue weighted by atomic mass is 10.0. The maximum absolute atomic E-state index is 12.9. The molecule has 0 bridgehead atoms. The number of hydrogen-bond donors (Lipinski definition) is 1. The molecule has 1 aliphatic heterocycles. The first-order valence-corrected chi connectivity index (χ1v) is 15.0. The van der Waals surface area contributed by atoms with Crippen LogP contribution in [-0.2, 0) is 17.8 Å². The van der Waals surface area contributed by atoms with E-state index in [1.54, 1.807) is 18.2 Å². The summed E-state index contributed by atoms with van der Waals surface area (Å²) in [6.45, 7) is 4.03. The van der Waals surface area contributed by atoms with Crippen LogP contribution in [0.4, 0.5) is 29.3 Å². The Labute approximate surface area is 266 Å². The minimum absolute atomic E-state index is 0.0202. The number of thioether (sulfide) groups is 1. The van der Waals surface area contributed by atoms with Crippen LogP contribution in [0.2, 0.25) is 0 Å². The average Bonchev–Trinajstić information content (AvgIpc) is 3.63. The first-order valence-electron chi connectivity index (χ1n) is 14.1. The van der Waals surface area contributed by atoms with Gasteiger partial charge in [0.2, 0.25) is 5.91 Å². The van der Waals surface area contributed by atoms with Crippen LogP contribution in [0.5, 0.6) is 17.5 Å². The maximum atomic E-state index is 12.9. The summed E-state index contributed by atoms with van der Waals surface area (Å²) in [5.41, 5.74) is 4.23. The highest BCUT2D eigenvalue weighted by molar-refractivity contribution is 8.15. The Morgan fingerprint density at radius 3 is 2.57 bits per heavy atom. The molecule has 1 saturated heterocycles. The minimum Gasteiger partial charge on any atom is -0.496 e. The molecule has 1 aliphatic rings. The molecule has 0 saturated carbocycles. The number of amides is 3. The second-order valence-electron chi connectivity index (χ2n) is 10.1. The molecule has 240 valence electrons. The van der Waals surface area contributed by atoms with Gasteiger partial charge in [0, 0.05) is 17.3 Å². The SMILES string of the molecule is CCCc1ccc(C)cc1N1C(=O)CSC1=NC(=O)Nc1ccc(COc2ncn(-c3ccc(OC(F)(F)F)cc3)n2)c(OC)c1. The number of nitrogens with zero attached hydrogens (tertiary/aromatic N) is 5. The number of alkyl halides is 3. The normalized spacial score (nSPS) is 14.1. The van der Waals surface area contributed by atoms with Gasteiger partial charge < -0.3 is 19.5 Å². The van der Waals surface area contributed by atoms with Crippen LogP contribution in [0.25, 0.3) is 5.69 Å². The van der Waals surface area contributed by atoms with Crippen molar-refractivity contribution >= 4 is 40.2 Å². The van der Waals surface area contributed by atoms with Crippen LogP contribution < -0.4 is 24.4 Å². The fraction of sp³-hybridized carbons (Fsp3) is 0.258. The predicted octanol–water partition coefficient (Wildman–Crippen LogP) is 6.68. The number of aliphatic imine (C=N–C) groups is 1. The van der Waals surface area contributed by atoms with E-state index in [1.165, 1.54) is 46.9 Å². The Morgan fingerprint density at radius 1 is 1.09 bits per heavy atom. The van der Waals surface area contributed by atoms with Gasteiger partial charge in [0.15, 0.2) is 5.17 Å². The van der Waals surface area contributed by atoms with E-state index in [4.69, 9.17) is 9.47 Å². The van der Waals surface area contributed by atoms with Crippen LogP contribution >= 0.6 is 11.8 Å². The zero-order valence-electron chi connectivity index (χ0n) is 25.0. The molecule has 5 rings (SSSR count). The number of methoxy groups -OCH3 is 1. The lowest BCUT2D eigenvalue weighted by molar-refractivity contribution is -0.274. The molecule has 1 N–H and O–H groups in total. The number of amidine groups is 1. The van der Waals surface area contributed by atoms with E-state index in [0.717, 1.165) is 41.8 Å². The maximum Gasteiger partial charge on any atom is 0.573 e. The number of rotatable bonds is 10. The molecule has 1 aromatic heterocycles. The summed E-state index contributed by atoms with van der Waals surface area (Å²) in [7, 11) is 1.47. The third-order valence-corrected chi connectivity index (χ3v) is 7.59. The molecule has 4 aromatic rings. The smallest absolute Gasteiger partial charge is 0.496 e. The van der Waals surface area contributed by atoms with Crippen molar-refractivity contribution < 1.29 is 37.0 Å². The second kappa shape index (κ2) is 13.9. The molecule has 3 amide bonds. The van der Waals surface area contributed by atoms with Crippen LogP contribution in [0.15, 0.2) is 72.0 Å². The van der Waals surface area contributed by atoms with Crippen molar-refractivity contribution in [2.75, 3.05) is 23.1 Å². The van der Waals surface area contributed by atoms with Crippen molar-refractivity contribution in [2.24, 2.45) is 4.99 Å². The van der Waals surface area contributed by atoms with Crippen LogP contribution in [-0.4, -0.2) is 51.1 Å². The number of carbonyl (C=O) groups is 2. The van der Waals surface area contributed by atoms with E-state index in [-0.39, 0.29) is 30.0 Å². The molecule has 0 spiro atoms. The summed E-state index contributed by atoms with van der Waals surface area (Å²) in [5.74, 6) is 0.106. The fourth-order valence-electron chi connectivity index (χ4n) is 4.61. The van der Waals surface area contributed by atoms with Crippen molar-refractivity contribution in [1.82, 2.24) is 14.8 Å². The third-order valence-electron chi connectivity index (χ3n) is 6.66. The molecular weight excluding hydrogens is 625 g/mol. The number of ether oxygens (including phenoxy) is 3. The molecule has 15 heteroatoms. The Bertz CT molecular complexity index is 1760. The first-order chi connectivity index (χ1) is 22.0. The Hall–Kier alpha value is -5.05. The number of hydrogen-bond acceptors (Lipinski definition) is 8. The van der Waals surface area contributed by atoms with Gasteiger partial charge in [0.1, 0.15) is 24.4 Å². The molecule has 11 nitrogen and oxygen atoms in total. The van der Waals surface area contributed by atoms with E-state index >= 15 is 0 Å². The quantitative estimate of drug-likeness (QED) is 0.201. The van der Waals surface area contributed by atoms with Crippen molar-refractivity contribution in [3.8, 4) is 23.2 Å². The van der Waals surface area contributed by atoms with E-state index in [2.05, 4.69) is 32.1 Å². The van der Waals surface area contributed by atoms with Gasteiger partial charge in [-0.3, -0.25) is 9.69 Å². The molecule has 46 heavy (non-hydrogen) atoms. The van der Waals surface area contributed by atoms with E-state index in [1.807, 2.05) is 25.1 Å². The summed E-state index contributed by atoms with van der Waals surface area (Å²) in [5, 5.41) is 7.22. The van der Waals surface area contributed by atoms with Crippen molar-refractivity contribution in [3.05, 3.63) is 83.7 Å². The van der Waals surface area contributed by atoms with Crippen molar-refractivity contribution in [2.45, 2.75) is 39.7 Å². The molecule has 0 radical (unpaired) electrons. The average molecular weight is 655 g/mol. The zero-order chi connectivity index (χ0) is 32.8. The van der Waals surface area contributed by atoms with Gasteiger partial charge in [-0.2, -0.15) is 9.98 Å². The molecule has 3 aromatic carbocycles. The third kappa shape index (κ3) is 7.96. The van der Waals surface area contributed by atoms with Crippen LogP contribution in [0.1, 0.15) is 30.0 Å². The van der Waals surface area contributed by atoms with Gasteiger partial charge in [-0.15, -0.1) is 18.3 Å². The highest BCUT2D eigenvalue weighted by Crippen LogP contribution is 2.32. The number of halogens is 3. The predicted molar refractivity (Wildman–Crippen MR) is 167 cm³/mol. The largest absolute Gasteiger partial charge is 0.573 e. The number of nitrogens with one attached hydrogen (secondary N) is 1. The van der Waals surface area contributed by atoms with Gasteiger partial charge in [0.05, 0.1) is 24.2 Å². The highest BCUT2D eigenvalue weighted by Gasteiger charge is 2.32. The van der Waals surface area contributed by atoms with Gasteiger partial charge in [0.25, 0.3) is 0 Å². The van der Waals surface area contributed by atoms with Gasteiger partial charge in [-0.1, -0.05) is 37.2 Å². The molecule has 1 fully saturated rings. The molecule has 2 heterocycles. The topological polar surface area (TPSA) is 120 Å². The van der Waals surface area contributed by atoms with E-state index < -0.39 is 12.4 Å². The number of anilines is 2. The Kier molecular flexibility index (Phi) is 9.80. The number of carbonyl (C=O) groups excluding carboxylic acids is 2. The monoisotopic (exact) mass is 654 g/mol. The summed E-state index contributed by atoms with van der Waals surface area (Å²) in [4.78, 5) is 35.5. The zero-order valence-corrected chi connectivity index (χ0v) is 25.8. The van der Waals surface area contributed by atoms with E-state index in [0.29, 0.717) is 27.9 Å². The summed E-state index contributed by atoms with van der Waals surface area (Å²) in [6, 6.07) is 15.4. The summed E-state index contributed by atoms with van der Waals surface area (Å²) in [6.07, 6.45) is -1.74. The molecule has 0 aliphatic carbocycles.